The second-order valence-electron chi connectivity index (χ2n) is 7.96. The number of hydrogen-bond donors (Lipinski definition) is 0. The van der Waals surface area contributed by atoms with E-state index in [1.807, 2.05) is 0 Å². The first-order chi connectivity index (χ1) is 14.0. The third kappa shape index (κ3) is 4.42. The zero-order valence-electron chi connectivity index (χ0n) is 17.0. The molecule has 29 heavy (non-hydrogen) atoms. The van der Waals surface area contributed by atoms with Crippen molar-refractivity contribution < 1.29 is 13.5 Å². The van der Waals surface area contributed by atoms with Crippen LogP contribution in [0.2, 0.25) is 0 Å². The Bertz CT molecular complexity index is 993. The van der Waals surface area contributed by atoms with Gasteiger partial charge in [0.1, 0.15) is 11.6 Å². The normalized spacial score (nSPS) is 15.9. The molecule has 0 unspecified atom stereocenters. The second kappa shape index (κ2) is 8.49. The number of imidazole rings is 1. The topological polar surface area (TPSA) is 30.3 Å². The zero-order chi connectivity index (χ0) is 20.4. The van der Waals surface area contributed by atoms with E-state index in [9.17, 15) is 8.78 Å². The summed E-state index contributed by atoms with van der Waals surface area (Å²) in [5.41, 5.74) is 3.53. The maximum Gasteiger partial charge on any atom is 0.162 e. The molecule has 1 fully saturated rings. The van der Waals surface area contributed by atoms with E-state index in [0.29, 0.717) is 18.3 Å². The van der Waals surface area contributed by atoms with Crippen molar-refractivity contribution in [3.05, 3.63) is 59.4 Å². The molecule has 0 radical (unpaired) electrons. The maximum absolute atomic E-state index is 13.2. The van der Waals surface area contributed by atoms with E-state index < -0.39 is 11.6 Å². The van der Waals surface area contributed by atoms with Gasteiger partial charge in [-0.25, -0.2) is 13.8 Å². The predicted molar refractivity (Wildman–Crippen MR) is 110 cm³/mol. The van der Waals surface area contributed by atoms with Crippen LogP contribution in [0.1, 0.15) is 30.7 Å². The van der Waals surface area contributed by atoms with E-state index in [0.717, 1.165) is 62.4 Å². The molecule has 0 amide bonds. The summed E-state index contributed by atoms with van der Waals surface area (Å²) >= 11 is 0. The second-order valence-corrected chi connectivity index (χ2v) is 7.96. The van der Waals surface area contributed by atoms with Crippen molar-refractivity contribution in [2.45, 2.75) is 32.7 Å². The molecule has 0 N–H and O–H groups in total. The highest BCUT2D eigenvalue weighted by Crippen LogP contribution is 2.24. The fraction of sp³-hybridized carbons (Fsp3) is 0.435. The van der Waals surface area contributed by atoms with Gasteiger partial charge in [0, 0.05) is 13.1 Å². The number of aryl methyl sites for hydroxylation is 2. The van der Waals surface area contributed by atoms with Gasteiger partial charge >= 0.3 is 0 Å². The molecular formula is C23H27F2N3O. The van der Waals surface area contributed by atoms with Crippen LogP contribution in [0, 0.1) is 24.5 Å². The first-order valence-electron chi connectivity index (χ1n) is 10.2. The Balaban J connectivity index is 1.26. The van der Waals surface area contributed by atoms with Crippen LogP contribution in [-0.4, -0.2) is 34.1 Å². The van der Waals surface area contributed by atoms with Crippen LogP contribution in [0.5, 0.6) is 5.75 Å². The smallest absolute Gasteiger partial charge is 0.162 e. The van der Waals surface area contributed by atoms with Gasteiger partial charge in [-0.1, -0.05) is 12.1 Å². The number of aromatic nitrogens is 2. The predicted octanol–water partition coefficient (Wildman–Crippen LogP) is 4.84. The van der Waals surface area contributed by atoms with Crippen LogP contribution in [0.4, 0.5) is 8.78 Å². The molecular weight excluding hydrogens is 372 g/mol. The van der Waals surface area contributed by atoms with Crippen LogP contribution in [-0.2, 0) is 13.6 Å². The number of rotatable bonds is 6. The minimum Gasteiger partial charge on any atom is -0.493 e. The number of nitrogens with zero attached hydrogens (tertiary/aromatic N) is 3. The van der Waals surface area contributed by atoms with Crippen molar-refractivity contribution in [2.75, 3.05) is 19.7 Å². The van der Waals surface area contributed by atoms with Gasteiger partial charge < -0.3 is 9.30 Å². The number of para-hydroxylation sites is 1. The van der Waals surface area contributed by atoms with Gasteiger partial charge in [0.2, 0.25) is 0 Å². The van der Waals surface area contributed by atoms with Gasteiger partial charge in [0.15, 0.2) is 11.6 Å². The highest BCUT2D eigenvalue weighted by molar-refractivity contribution is 5.79. The van der Waals surface area contributed by atoms with Gasteiger partial charge in [-0.3, -0.25) is 4.90 Å². The fourth-order valence-electron chi connectivity index (χ4n) is 4.20. The lowest BCUT2D eigenvalue weighted by Gasteiger charge is -2.31. The molecule has 2 aromatic carbocycles. The molecule has 0 saturated carbocycles. The van der Waals surface area contributed by atoms with Gasteiger partial charge in [-0.05, 0) is 69.0 Å². The number of halogens is 2. The summed E-state index contributed by atoms with van der Waals surface area (Å²) < 4.78 is 34.0. The van der Waals surface area contributed by atoms with Crippen LogP contribution < -0.4 is 4.74 Å². The fourth-order valence-corrected chi connectivity index (χ4v) is 4.20. The first-order valence-corrected chi connectivity index (χ1v) is 10.2. The summed E-state index contributed by atoms with van der Waals surface area (Å²) in [6.45, 7) is 5.60. The average Bonchev–Trinajstić information content (AvgIpc) is 3.03. The van der Waals surface area contributed by atoms with E-state index in [-0.39, 0.29) is 0 Å². The number of fused-ring (bicyclic) bond motifs is 1. The molecule has 3 aromatic rings. The Labute approximate surface area is 170 Å². The molecule has 0 aliphatic carbocycles. The van der Waals surface area contributed by atoms with Crippen molar-refractivity contribution in [3.8, 4) is 5.75 Å². The summed E-state index contributed by atoms with van der Waals surface area (Å²) in [5, 5.41) is 0. The van der Waals surface area contributed by atoms with E-state index in [2.05, 4.69) is 41.6 Å². The molecule has 0 bridgehead atoms. The summed E-state index contributed by atoms with van der Waals surface area (Å²) in [4.78, 5) is 7.29. The van der Waals surface area contributed by atoms with E-state index >= 15 is 0 Å². The van der Waals surface area contributed by atoms with E-state index in [1.165, 1.54) is 17.1 Å². The Hall–Kier alpha value is -2.47. The summed E-state index contributed by atoms with van der Waals surface area (Å²) in [6, 6.07) is 9.94. The third-order valence-electron chi connectivity index (χ3n) is 5.95. The Morgan fingerprint density at radius 1 is 1.10 bits per heavy atom. The molecule has 0 atom stereocenters. The van der Waals surface area contributed by atoms with Gasteiger partial charge in [0.25, 0.3) is 0 Å². The van der Waals surface area contributed by atoms with Crippen molar-refractivity contribution >= 4 is 11.0 Å². The third-order valence-corrected chi connectivity index (χ3v) is 5.95. The van der Waals surface area contributed by atoms with Crippen molar-refractivity contribution in [2.24, 2.45) is 13.0 Å². The van der Waals surface area contributed by atoms with E-state index in [4.69, 9.17) is 9.72 Å². The van der Waals surface area contributed by atoms with Crippen molar-refractivity contribution in [1.29, 1.82) is 0 Å². The minimum atomic E-state index is -0.868. The van der Waals surface area contributed by atoms with E-state index in [1.54, 1.807) is 0 Å². The Morgan fingerprint density at radius 2 is 1.90 bits per heavy atom. The summed E-state index contributed by atoms with van der Waals surface area (Å²) in [7, 11) is 2.10. The quantitative estimate of drug-likeness (QED) is 0.594. The molecule has 1 aliphatic rings. The highest BCUT2D eigenvalue weighted by atomic mass is 19.2. The minimum absolute atomic E-state index is 0.387. The Kier molecular flexibility index (Phi) is 5.81. The van der Waals surface area contributed by atoms with Gasteiger partial charge in [0.05, 0.1) is 24.2 Å². The summed E-state index contributed by atoms with van der Waals surface area (Å²) in [5.74, 6) is 0.376. The maximum atomic E-state index is 13.2. The summed E-state index contributed by atoms with van der Waals surface area (Å²) in [6.07, 6.45) is 3.16. The van der Waals surface area contributed by atoms with Crippen LogP contribution >= 0.6 is 0 Å². The van der Waals surface area contributed by atoms with Gasteiger partial charge in [-0.2, -0.15) is 0 Å². The highest BCUT2D eigenvalue weighted by Gasteiger charge is 2.21. The first kappa shape index (κ1) is 19.8. The number of piperidine rings is 1. The number of benzene rings is 2. The lowest BCUT2D eigenvalue weighted by molar-refractivity contribution is 0.154. The number of ether oxygens (including phenoxy) is 1. The molecule has 154 valence electrons. The lowest BCUT2D eigenvalue weighted by Crippen LogP contribution is -2.34. The molecule has 1 aromatic heterocycles. The molecule has 6 heteroatoms. The number of likely N-dealkylation sites (tertiary alicyclic amines) is 1. The molecule has 1 saturated heterocycles. The molecule has 4 nitrogen and oxygen atoms in total. The monoisotopic (exact) mass is 399 g/mol. The van der Waals surface area contributed by atoms with Gasteiger partial charge in [-0.15, -0.1) is 0 Å². The molecule has 1 aliphatic heterocycles. The average molecular weight is 399 g/mol. The Morgan fingerprint density at radius 3 is 2.62 bits per heavy atom. The standard InChI is InChI=1S/C23H27F2N3O/c1-16-4-3-5-21-23(16)27(2)22(26-21)15-28-11-8-17(9-12-28)10-13-29-18-6-7-19(24)20(25)14-18/h3-7,14,17H,8-13,15H2,1-2H3. The number of hydrogen-bond acceptors (Lipinski definition) is 3. The zero-order valence-corrected chi connectivity index (χ0v) is 17.0. The lowest BCUT2D eigenvalue weighted by atomic mass is 9.94. The molecule has 4 rings (SSSR count). The molecule has 2 heterocycles. The van der Waals surface area contributed by atoms with Crippen LogP contribution in [0.25, 0.3) is 11.0 Å². The SMILES string of the molecule is Cc1cccc2nc(CN3CCC(CCOc4ccc(F)c(F)c4)CC3)n(C)c12. The largest absolute Gasteiger partial charge is 0.493 e. The van der Waals surface area contributed by atoms with Crippen molar-refractivity contribution in [3.63, 3.8) is 0 Å². The van der Waals surface area contributed by atoms with Crippen molar-refractivity contribution in [1.82, 2.24) is 14.5 Å². The van der Waals surface area contributed by atoms with Crippen LogP contribution in [0.15, 0.2) is 36.4 Å². The van der Waals surface area contributed by atoms with Crippen LogP contribution in [0.3, 0.4) is 0 Å². The molecule has 0 spiro atoms.